The Hall–Kier alpha value is -4.18. The van der Waals surface area contributed by atoms with Gasteiger partial charge in [0.05, 0.1) is 25.0 Å². The van der Waals surface area contributed by atoms with Crippen molar-refractivity contribution in [1.29, 1.82) is 0 Å². The summed E-state index contributed by atoms with van der Waals surface area (Å²) >= 11 is 0. The molecule has 9 nitrogen and oxygen atoms in total. The first-order valence-electron chi connectivity index (χ1n) is 13.2. The first-order chi connectivity index (χ1) is 19.2. The monoisotopic (exact) mass is 521 g/mol. The lowest BCUT2D eigenvalue weighted by molar-refractivity contribution is 0.0560. The summed E-state index contributed by atoms with van der Waals surface area (Å²) in [6.45, 7) is 4.58. The Kier molecular flexibility index (Phi) is 7.27. The van der Waals surface area contributed by atoms with Crippen molar-refractivity contribution in [3.05, 3.63) is 108 Å². The van der Waals surface area contributed by atoms with Gasteiger partial charge >= 0.3 is 0 Å². The third kappa shape index (κ3) is 5.37. The number of β-amino-alcohol motifs (C(OH)–C–C–N with tert-alkyl or cyclic N) is 1. The molecule has 3 aromatic heterocycles. The molecule has 198 valence electrons. The minimum Gasteiger partial charge on any atom is -0.390 e. The van der Waals surface area contributed by atoms with Gasteiger partial charge in [-0.25, -0.2) is 15.0 Å². The van der Waals surface area contributed by atoms with Crippen LogP contribution in [0, 0.1) is 0 Å². The van der Waals surface area contributed by atoms with Crippen LogP contribution < -0.4 is 0 Å². The normalized spacial score (nSPS) is 15.6. The third-order valence-corrected chi connectivity index (χ3v) is 7.36. The molecular formula is C30H31N7O2. The maximum absolute atomic E-state index is 11.1. The smallest absolute Gasteiger partial charge is 0.168 e. The highest BCUT2D eigenvalue weighted by Gasteiger charge is 2.27. The molecule has 1 N–H and O–H groups in total. The number of carbonyl (C=O) groups excluding carboxylic acids is 1. The number of aliphatic hydroxyl groups excluding tert-OH is 1. The molecular weight excluding hydrogens is 490 g/mol. The average Bonchev–Trinajstić information content (AvgIpc) is 3.63. The lowest BCUT2D eigenvalue weighted by atomic mass is 9.96. The van der Waals surface area contributed by atoms with Gasteiger partial charge in [-0.1, -0.05) is 60.7 Å². The molecule has 0 spiro atoms. The number of fused-ring (bicyclic) bond motifs is 1. The molecule has 0 amide bonds. The zero-order valence-corrected chi connectivity index (χ0v) is 21.6. The molecule has 1 fully saturated rings. The van der Waals surface area contributed by atoms with Crippen LogP contribution in [0.25, 0.3) is 17.0 Å². The average molecular weight is 522 g/mol. The Morgan fingerprint density at radius 3 is 2.18 bits per heavy atom. The lowest BCUT2D eigenvalue weighted by Gasteiger charge is -2.40. The number of hydrogen-bond acceptors (Lipinski definition) is 7. The van der Waals surface area contributed by atoms with E-state index < -0.39 is 6.10 Å². The van der Waals surface area contributed by atoms with Crippen LogP contribution in [0.5, 0.6) is 0 Å². The van der Waals surface area contributed by atoms with Crippen LogP contribution in [0.2, 0.25) is 0 Å². The highest BCUT2D eigenvalue weighted by atomic mass is 16.3. The Morgan fingerprint density at radius 2 is 1.54 bits per heavy atom. The van der Waals surface area contributed by atoms with Crippen LogP contribution >= 0.6 is 0 Å². The summed E-state index contributed by atoms with van der Waals surface area (Å²) in [5.41, 5.74) is 4.44. The molecule has 1 atom stereocenters. The van der Waals surface area contributed by atoms with Gasteiger partial charge in [-0.05, 0) is 17.2 Å². The van der Waals surface area contributed by atoms with Gasteiger partial charge in [0.1, 0.15) is 6.33 Å². The molecule has 1 aliphatic heterocycles. The number of benzene rings is 2. The van der Waals surface area contributed by atoms with E-state index in [9.17, 15) is 9.90 Å². The van der Waals surface area contributed by atoms with Crippen molar-refractivity contribution < 1.29 is 9.90 Å². The van der Waals surface area contributed by atoms with Gasteiger partial charge < -0.3 is 14.2 Å². The summed E-state index contributed by atoms with van der Waals surface area (Å²) in [6, 6.07) is 23.3. The highest BCUT2D eigenvalue weighted by molar-refractivity contribution is 5.79. The molecule has 0 aliphatic carbocycles. The Bertz CT molecular complexity index is 1490. The van der Waals surface area contributed by atoms with Gasteiger partial charge in [-0.3, -0.25) is 14.6 Å². The fourth-order valence-corrected chi connectivity index (χ4v) is 5.48. The topological polar surface area (TPSA) is 92.3 Å². The SMILES string of the molecule is O=Cc1ccn(-c2ncnc3c2ncn3C[C@@H](O)CN2CCN(C(c3ccccc3)c3ccccc3)CC2)c1. The third-order valence-electron chi connectivity index (χ3n) is 7.36. The Balaban J connectivity index is 1.10. The molecule has 39 heavy (non-hydrogen) atoms. The standard InChI is InChI=1S/C30H31N7O2/c38-20-23-11-12-36(17-23)29-27-30(32-21-31-29)37(22-33-27)19-26(39)18-34-13-15-35(16-14-34)28(24-7-3-1-4-8-24)25-9-5-2-6-10-25/h1-12,17,20-22,26,28,39H,13-16,18-19H2/t26-/m0/s1. The van der Waals surface area contributed by atoms with Crippen LogP contribution in [0.3, 0.4) is 0 Å². The summed E-state index contributed by atoms with van der Waals surface area (Å²) in [5, 5.41) is 11.0. The number of aldehydes is 1. The Labute approximate surface area is 227 Å². The van der Waals surface area contributed by atoms with E-state index >= 15 is 0 Å². The van der Waals surface area contributed by atoms with E-state index in [2.05, 4.69) is 85.4 Å². The number of hydrogen-bond donors (Lipinski definition) is 1. The largest absolute Gasteiger partial charge is 0.390 e. The van der Waals surface area contributed by atoms with Crippen LogP contribution in [0.15, 0.2) is 91.8 Å². The second kappa shape index (κ2) is 11.3. The number of imidazole rings is 1. The first-order valence-corrected chi connectivity index (χ1v) is 13.2. The van der Waals surface area contributed by atoms with Gasteiger partial charge in [0.15, 0.2) is 23.3 Å². The highest BCUT2D eigenvalue weighted by Crippen LogP contribution is 2.29. The molecule has 1 aliphatic rings. The van der Waals surface area contributed by atoms with E-state index in [0.717, 1.165) is 32.5 Å². The molecule has 0 radical (unpaired) electrons. The number of piperazine rings is 1. The van der Waals surface area contributed by atoms with Crippen molar-refractivity contribution in [3.8, 4) is 5.82 Å². The fraction of sp³-hybridized carbons (Fsp3) is 0.267. The molecule has 2 aromatic carbocycles. The lowest BCUT2D eigenvalue weighted by Crippen LogP contribution is -2.50. The van der Waals surface area contributed by atoms with Gasteiger partial charge in [0, 0.05) is 50.7 Å². The van der Waals surface area contributed by atoms with Gasteiger partial charge in [-0.2, -0.15) is 0 Å². The van der Waals surface area contributed by atoms with E-state index in [-0.39, 0.29) is 6.04 Å². The fourth-order valence-electron chi connectivity index (χ4n) is 5.48. The van der Waals surface area contributed by atoms with Gasteiger partial charge in [0.2, 0.25) is 0 Å². The zero-order valence-electron chi connectivity index (χ0n) is 21.6. The maximum atomic E-state index is 11.1. The summed E-state index contributed by atoms with van der Waals surface area (Å²) in [5.74, 6) is 0.601. The maximum Gasteiger partial charge on any atom is 0.168 e. The predicted molar refractivity (Wildman–Crippen MR) is 149 cm³/mol. The summed E-state index contributed by atoms with van der Waals surface area (Å²) in [7, 11) is 0. The molecule has 0 bridgehead atoms. The van der Waals surface area contributed by atoms with Crippen LogP contribution in [0.4, 0.5) is 0 Å². The van der Waals surface area contributed by atoms with Gasteiger partial charge in [-0.15, -0.1) is 0 Å². The van der Waals surface area contributed by atoms with E-state index in [4.69, 9.17) is 0 Å². The number of carbonyl (C=O) groups is 1. The summed E-state index contributed by atoms with van der Waals surface area (Å²) in [4.78, 5) is 29.2. The van der Waals surface area contributed by atoms with Crippen molar-refractivity contribution in [3.63, 3.8) is 0 Å². The predicted octanol–water partition coefficient (Wildman–Crippen LogP) is 3.20. The van der Waals surface area contributed by atoms with Crippen molar-refractivity contribution in [2.75, 3.05) is 32.7 Å². The molecule has 4 heterocycles. The molecule has 0 saturated carbocycles. The van der Waals surface area contributed by atoms with E-state index in [1.807, 2.05) is 4.57 Å². The van der Waals surface area contributed by atoms with E-state index in [0.29, 0.717) is 35.6 Å². The molecule has 0 unspecified atom stereocenters. The van der Waals surface area contributed by atoms with E-state index in [1.165, 1.54) is 17.5 Å². The van der Waals surface area contributed by atoms with Crippen molar-refractivity contribution in [1.82, 2.24) is 33.9 Å². The van der Waals surface area contributed by atoms with Crippen LogP contribution in [0.1, 0.15) is 27.5 Å². The second-order valence-electron chi connectivity index (χ2n) is 9.95. The minimum atomic E-state index is -0.570. The Morgan fingerprint density at radius 1 is 0.846 bits per heavy atom. The quantitative estimate of drug-likeness (QED) is 0.298. The minimum absolute atomic E-state index is 0.216. The summed E-state index contributed by atoms with van der Waals surface area (Å²) < 4.78 is 3.63. The molecule has 9 heteroatoms. The van der Waals surface area contributed by atoms with Gasteiger partial charge in [0.25, 0.3) is 0 Å². The van der Waals surface area contributed by atoms with Crippen LogP contribution in [-0.2, 0) is 6.54 Å². The van der Waals surface area contributed by atoms with E-state index in [1.54, 1.807) is 29.4 Å². The molecule has 5 aromatic rings. The second-order valence-corrected chi connectivity index (χ2v) is 9.95. The zero-order chi connectivity index (χ0) is 26.6. The van der Waals surface area contributed by atoms with Crippen molar-refractivity contribution in [2.24, 2.45) is 0 Å². The van der Waals surface area contributed by atoms with Crippen LogP contribution in [-0.4, -0.2) is 84.1 Å². The molecule has 6 rings (SSSR count). The molecule has 1 saturated heterocycles. The number of aliphatic hydroxyl groups is 1. The van der Waals surface area contributed by atoms with Crippen molar-refractivity contribution in [2.45, 2.75) is 18.7 Å². The van der Waals surface area contributed by atoms with Crippen molar-refractivity contribution >= 4 is 17.5 Å². The number of nitrogens with zero attached hydrogens (tertiary/aromatic N) is 7. The first kappa shape index (κ1) is 25.1. The summed E-state index contributed by atoms with van der Waals surface area (Å²) in [6.07, 6.45) is 6.89. The number of aromatic nitrogens is 5. The number of rotatable bonds is 9.